The van der Waals surface area contributed by atoms with Gasteiger partial charge in [0.15, 0.2) is 0 Å². The Hall–Kier alpha value is -2.43. The molecule has 2 N–H and O–H groups in total. The number of carboxylic acid groups (broad SMARTS) is 2. The highest BCUT2D eigenvalue weighted by Crippen LogP contribution is 2.32. The number of Topliss-reactive ketones (excluding diaryl/α,β-unsaturated/α-hetero) is 1. The Morgan fingerprint density at radius 2 is 1.56 bits per heavy atom. The van der Waals surface area contributed by atoms with E-state index in [-0.39, 0.29) is 35.7 Å². The summed E-state index contributed by atoms with van der Waals surface area (Å²) in [5, 5.41) is 19.0. The quantitative estimate of drug-likeness (QED) is 0.703. The Bertz CT molecular complexity index is 654. The van der Waals surface area contributed by atoms with Gasteiger partial charge in [-0.15, -0.1) is 0 Å². The Labute approximate surface area is 147 Å². The topological polar surface area (TPSA) is 91.7 Å². The van der Waals surface area contributed by atoms with Crippen LogP contribution in [0.5, 0.6) is 0 Å². The van der Waals surface area contributed by atoms with Crippen molar-refractivity contribution in [3.8, 4) is 0 Å². The van der Waals surface area contributed by atoms with Crippen molar-refractivity contribution in [2.24, 2.45) is 5.92 Å². The molecule has 0 amide bonds. The molecule has 1 aliphatic rings. The molecule has 0 atom stereocenters. The summed E-state index contributed by atoms with van der Waals surface area (Å²) in [5.74, 6) is -3.01. The number of carbonyl (C=O) groups is 3. The lowest BCUT2D eigenvalue weighted by Gasteiger charge is -2.23. The molecular formula is C20H24O5. The van der Waals surface area contributed by atoms with Crippen LogP contribution >= 0.6 is 0 Å². The third kappa shape index (κ3) is 5.55. The summed E-state index contributed by atoms with van der Waals surface area (Å²) in [6, 6.07) is 9.47. The third-order valence-corrected chi connectivity index (χ3v) is 4.74. The van der Waals surface area contributed by atoms with E-state index in [0.717, 1.165) is 24.8 Å². The third-order valence-electron chi connectivity index (χ3n) is 4.74. The van der Waals surface area contributed by atoms with Crippen LogP contribution in [0.25, 0.3) is 0 Å². The fourth-order valence-electron chi connectivity index (χ4n) is 3.44. The molecular weight excluding hydrogens is 320 g/mol. The van der Waals surface area contributed by atoms with Crippen LogP contribution in [0.4, 0.5) is 0 Å². The van der Waals surface area contributed by atoms with Gasteiger partial charge >= 0.3 is 11.9 Å². The van der Waals surface area contributed by atoms with Gasteiger partial charge in [-0.25, -0.2) is 9.59 Å². The van der Waals surface area contributed by atoms with Crippen LogP contribution in [0.2, 0.25) is 0 Å². The summed E-state index contributed by atoms with van der Waals surface area (Å²) in [5.41, 5.74) is 0.695. The van der Waals surface area contributed by atoms with E-state index in [0.29, 0.717) is 19.3 Å². The van der Waals surface area contributed by atoms with Gasteiger partial charge in [-0.1, -0.05) is 49.6 Å². The second kappa shape index (κ2) is 9.16. The van der Waals surface area contributed by atoms with Gasteiger partial charge in [0.2, 0.25) is 0 Å². The number of ketones is 1. The van der Waals surface area contributed by atoms with E-state index in [4.69, 9.17) is 0 Å². The van der Waals surface area contributed by atoms with Crippen molar-refractivity contribution < 1.29 is 24.6 Å². The number of carboxylic acids is 2. The number of benzene rings is 1. The van der Waals surface area contributed by atoms with Crippen LogP contribution in [0.3, 0.4) is 0 Å². The Morgan fingerprint density at radius 3 is 2.12 bits per heavy atom. The minimum absolute atomic E-state index is 0.0692. The predicted octanol–water partition coefficient (Wildman–Crippen LogP) is 3.62. The highest BCUT2D eigenvalue weighted by atomic mass is 16.4. The first-order valence-electron chi connectivity index (χ1n) is 8.74. The number of aliphatic carboxylic acids is 2. The molecule has 1 saturated carbocycles. The fraction of sp³-hybridized carbons (Fsp3) is 0.450. The molecule has 0 bridgehead atoms. The first kappa shape index (κ1) is 18.9. The second-order valence-corrected chi connectivity index (χ2v) is 6.54. The first-order chi connectivity index (χ1) is 12.0. The molecule has 25 heavy (non-hydrogen) atoms. The highest BCUT2D eigenvalue weighted by molar-refractivity contribution is 6.03. The Balaban J connectivity index is 2.12. The average Bonchev–Trinajstić information content (AvgIpc) is 2.61. The van der Waals surface area contributed by atoms with E-state index < -0.39 is 11.9 Å². The molecule has 5 nitrogen and oxygen atoms in total. The summed E-state index contributed by atoms with van der Waals surface area (Å²) in [6.07, 6.45) is 4.61. The molecule has 1 aromatic carbocycles. The molecule has 0 saturated heterocycles. The molecule has 0 spiro atoms. The zero-order chi connectivity index (χ0) is 18.2. The number of aryl methyl sites for hydroxylation is 1. The van der Waals surface area contributed by atoms with Gasteiger partial charge in [-0.2, -0.15) is 0 Å². The second-order valence-electron chi connectivity index (χ2n) is 6.54. The molecule has 2 rings (SSSR count). The lowest BCUT2D eigenvalue weighted by atomic mass is 9.80. The maximum Gasteiger partial charge on any atom is 0.332 e. The summed E-state index contributed by atoms with van der Waals surface area (Å²) < 4.78 is 0. The van der Waals surface area contributed by atoms with Crippen LogP contribution in [0.15, 0.2) is 41.5 Å². The number of rotatable bonds is 8. The van der Waals surface area contributed by atoms with E-state index in [2.05, 4.69) is 0 Å². The zero-order valence-electron chi connectivity index (χ0n) is 14.2. The standard InChI is InChI=1S/C20H24O5/c21-16(12-11-14-7-3-1-4-8-14)13-17(19(22)23)18(20(24)25)15-9-5-2-6-10-15/h1,3-4,7-8,15H,2,5-6,9-13H2,(H,22,23)(H,24,25). The van der Waals surface area contributed by atoms with Gasteiger partial charge in [-0.3, -0.25) is 4.79 Å². The highest BCUT2D eigenvalue weighted by Gasteiger charge is 2.30. The van der Waals surface area contributed by atoms with Gasteiger partial charge < -0.3 is 10.2 Å². The van der Waals surface area contributed by atoms with Crippen LogP contribution in [-0.2, 0) is 20.8 Å². The van der Waals surface area contributed by atoms with E-state index in [1.165, 1.54) is 0 Å². The molecule has 134 valence electrons. The van der Waals surface area contributed by atoms with Crippen molar-refractivity contribution in [2.45, 2.75) is 51.4 Å². The molecule has 0 unspecified atom stereocenters. The molecule has 0 aliphatic heterocycles. The number of hydrogen-bond acceptors (Lipinski definition) is 3. The summed E-state index contributed by atoms with van der Waals surface area (Å²) >= 11 is 0. The molecule has 0 aromatic heterocycles. The molecule has 1 aromatic rings. The zero-order valence-corrected chi connectivity index (χ0v) is 14.2. The summed E-state index contributed by atoms with van der Waals surface area (Å²) in [6.45, 7) is 0. The van der Waals surface area contributed by atoms with Crippen molar-refractivity contribution in [3.63, 3.8) is 0 Å². The maximum atomic E-state index is 12.3. The molecule has 0 radical (unpaired) electrons. The summed E-state index contributed by atoms with van der Waals surface area (Å²) in [7, 11) is 0. The van der Waals surface area contributed by atoms with Gasteiger partial charge in [-0.05, 0) is 30.7 Å². The maximum absolute atomic E-state index is 12.3. The fourth-order valence-corrected chi connectivity index (χ4v) is 3.44. The van der Waals surface area contributed by atoms with E-state index in [9.17, 15) is 24.6 Å². The molecule has 1 fully saturated rings. The van der Waals surface area contributed by atoms with Crippen LogP contribution in [0, 0.1) is 5.92 Å². The van der Waals surface area contributed by atoms with E-state index >= 15 is 0 Å². The monoisotopic (exact) mass is 344 g/mol. The van der Waals surface area contributed by atoms with Crippen molar-refractivity contribution in [3.05, 3.63) is 47.0 Å². The van der Waals surface area contributed by atoms with Crippen molar-refractivity contribution >= 4 is 17.7 Å². The minimum Gasteiger partial charge on any atom is -0.478 e. The normalized spacial score (nSPS) is 16.2. The average molecular weight is 344 g/mol. The van der Waals surface area contributed by atoms with Gasteiger partial charge in [0, 0.05) is 12.8 Å². The molecule has 1 aliphatic carbocycles. The van der Waals surface area contributed by atoms with Crippen molar-refractivity contribution in [1.82, 2.24) is 0 Å². The van der Waals surface area contributed by atoms with Crippen molar-refractivity contribution in [2.75, 3.05) is 0 Å². The van der Waals surface area contributed by atoms with Gasteiger partial charge in [0.25, 0.3) is 0 Å². The van der Waals surface area contributed by atoms with Gasteiger partial charge in [0.05, 0.1) is 11.1 Å². The summed E-state index contributed by atoms with van der Waals surface area (Å²) in [4.78, 5) is 35.5. The lowest BCUT2D eigenvalue weighted by molar-refractivity contribution is -0.137. The minimum atomic E-state index is -1.30. The molecule has 5 heteroatoms. The SMILES string of the molecule is O=C(CCc1ccccc1)CC(C(=O)O)=C(C(=O)O)C1CCCCC1. The predicted molar refractivity (Wildman–Crippen MR) is 93.3 cm³/mol. The van der Waals surface area contributed by atoms with Crippen LogP contribution in [-0.4, -0.2) is 27.9 Å². The number of hydrogen-bond donors (Lipinski definition) is 2. The van der Waals surface area contributed by atoms with Crippen LogP contribution in [0.1, 0.15) is 50.5 Å². The smallest absolute Gasteiger partial charge is 0.332 e. The van der Waals surface area contributed by atoms with E-state index in [1.54, 1.807) is 0 Å². The Kier molecular flexibility index (Phi) is 6.92. The number of carbonyl (C=O) groups excluding carboxylic acids is 1. The first-order valence-corrected chi connectivity index (χ1v) is 8.74. The lowest BCUT2D eigenvalue weighted by Crippen LogP contribution is -2.22. The largest absolute Gasteiger partial charge is 0.478 e. The van der Waals surface area contributed by atoms with Crippen LogP contribution < -0.4 is 0 Å². The Morgan fingerprint density at radius 1 is 0.920 bits per heavy atom. The van der Waals surface area contributed by atoms with Gasteiger partial charge in [0.1, 0.15) is 5.78 Å². The van der Waals surface area contributed by atoms with E-state index in [1.807, 2.05) is 30.3 Å². The molecule has 0 heterocycles. The van der Waals surface area contributed by atoms with Crippen molar-refractivity contribution in [1.29, 1.82) is 0 Å².